The second kappa shape index (κ2) is 44.9. The van der Waals surface area contributed by atoms with Crippen molar-refractivity contribution in [3.63, 3.8) is 0 Å². The van der Waals surface area contributed by atoms with Gasteiger partial charge < -0.3 is 14.2 Å². The highest BCUT2D eigenvalue weighted by Crippen LogP contribution is 2.18. The molecule has 0 radical (unpaired) electrons. The minimum absolute atomic E-state index is 0.0640. The van der Waals surface area contributed by atoms with Crippen LogP contribution in [0, 0.1) is 11.8 Å². The molecule has 0 aromatic carbocycles. The highest BCUT2D eigenvalue weighted by atomic mass is 16.6. The lowest BCUT2D eigenvalue weighted by Gasteiger charge is -2.18. The number of unbranched alkanes of at least 4 members (excludes halogenated alkanes) is 29. The molecule has 0 spiro atoms. The maximum atomic E-state index is 12.7. The molecule has 0 fully saturated rings. The number of hydrogen-bond donors (Lipinski definition) is 0. The molecule has 0 rings (SSSR count). The van der Waals surface area contributed by atoms with Gasteiger partial charge in [-0.1, -0.05) is 247 Å². The van der Waals surface area contributed by atoms with Crippen LogP contribution in [0.4, 0.5) is 0 Å². The number of hydrogen-bond acceptors (Lipinski definition) is 6. The average Bonchev–Trinajstić information content (AvgIpc) is 3.22. The summed E-state index contributed by atoms with van der Waals surface area (Å²) in [7, 11) is 0. The van der Waals surface area contributed by atoms with Crippen LogP contribution in [0.2, 0.25) is 0 Å². The summed E-state index contributed by atoms with van der Waals surface area (Å²) in [6.45, 7) is 11.4. The van der Waals surface area contributed by atoms with E-state index in [9.17, 15) is 14.4 Å². The molecular weight excluding hydrogens is 721 g/mol. The molecule has 0 heterocycles. The van der Waals surface area contributed by atoms with Crippen LogP contribution in [-0.2, 0) is 28.6 Å². The monoisotopic (exact) mass is 821 g/mol. The molecule has 6 nitrogen and oxygen atoms in total. The summed E-state index contributed by atoms with van der Waals surface area (Å²) in [4.78, 5) is 37.9. The van der Waals surface area contributed by atoms with Crippen molar-refractivity contribution in [2.45, 2.75) is 291 Å². The van der Waals surface area contributed by atoms with E-state index >= 15 is 0 Å². The molecule has 0 aliphatic rings. The Hall–Kier alpha value is -1.59. The molecule has 58 heavy (non-hydrogen) atoms. The Morgan fingerprint density at radius 1 is 0.345 bits per heavy atom. The summed E-state index contributed by atoms with van der Waals surface area (Å²) in [5.74, 6) is 0.892. The number of ether oxygens (including phenoxy) is 3. The highest BCUT2D eigenvalue weighted by molar-refractivity contribution is 5.71. The fourth-order valence-electron chi connectivity index (χ4n) is 7.75. The summed E-state index contributed by atoms with van der Waals surface area (Å²) in [5, 5.41) is 0. The molecular formula is C52H100O6. The lowest BCUT2D eigenvalue weighted by atomic mass is 9.99. The van der Waals surface area contributed by atoms with Crippen LogP contribution in [-0.4, -0.2) is 37.2 Å². The molecule has 0 N–H and O–H groups in total. The van der Waals surface area contributed by atoms with Crippen LogP contribution in [0.5, 0.6) is 0 Å². The fourth-order valence-corrected chi connectivity index (χ4v) is 7.75. The van der Waals surface area contributed by atoms with Crippen molar-refractivity contribution >= 4 is 17.9 Å². The second-order valence-corrected chi connectivity index (χ2v) is 18.3. The topological polar surface area (TPSA) is 78.9 Å². The first-order chi connectivity index (χ1) is 28.3. The van der Waals surface area contributed by atoms with Crippen molar-refractivity contribution in [1.82, 2.24) is 0 Å². The zero-order chi connectivity index (χ0) is 42.6. The molecule has 344 valence electrons. The van der Waals surface area contributed by atoms with Gasteiger partial charge in [0, 0.05) is 19.3 Å². The van der Waals surface area contributed by atoms with Gasteiger partial charge in [0.15, 0.2) is 6.10 Å². The van der Waals surface area contributed by atoms with E-state index < -0.39 is 6.10 Å². The van der Waals surface area contributed by atoms with Gasteiger partial charge in [-0.05, 0) is 31.1 Å². The fraction of sp³-hybridized carbons (Fsp3) is 0.942. The summed E-state index contributed by atoms with van der Waals surface area (Å²) in [6, 6.07) is 0. The zero-order valence-corrected chi connectivity index (χ0v) is 39.7. The maximum absolute atomic E-state index is 12.7. The van der Waals surface area contributed by atoms with E-state index in [1.807, 2.05) is 0 Å². The Labute approximate surface area is 361 Å². The van der Waals surface area contributed by atoms with E-state index in [4.69, 9.17) is 14.2 Å². The largest absolute Gasteiger partial charge is 0.462 e. The predicted octanol–water partition coefficient (Wildman–Crippen LogP) is 16.5. The molecule has 0 aliphatic heterocycles. The molecule has 0 bridgehead atoms. The first kappa shape index (κ1) is 56.4. The van der Waals surface area contributed by atoms with E-state index in [0.29, 0.717) is 19.3 Å². The van der Waals surface area contributed by atoms with Crippen LogP contribution in [0.15, 0.2) is 0 Å². The lowest BCUT2D eigenvalue weighted by molar-refractivity contribution is -0.167. The van der Waals surface area contributed by atoms with Gasteiger partial charge in [-0.15, -0.1) is 0 Å². The van der Waals surface area contributed by atoms with Gasteiger partial charge in [-0.2, -0.15) is 0 Å². The van der Waals surface area contributed by atoms with Crippen molar-refractivity contribution in [2.24, 2.45) is 11.8 Å². The average molecular weight is 821 g/mol. The lowest BCUT2D eigenvalue weighted by Crippen LogP contribution is -2.30. The van der Waals surface area contributed by atoms with Crippen molar-refractivity contribution in [3.05, 3.63) is 0 Å². The van der Waals surface area contributed by atoms with Crippen LogP contribution in [0.25, 0.3) is 0 Å². The number of carbonyl (C=O) groups is 3. The van der Waals surface area contributed by atoms with Crippen molar-refractivity contribution in [1.29, 1.82) is 0 Å². The highest BCUT2D eigenvalue weighted by Gasteiger charge is 2.19. The first-order valence-corrected chi connectivity index (χ1v) is 25.8. The Morgan fingerprint density at radius 3 is 0.897 bits per heavy atom. The molecule has 0 saturated carbocycles. The SMILES string of the molecule is CCCCCCCCCCCCC(=O)O[C@H](COC(=O)CCCCCCCCCCCCCCCCC(C)CC)COC(=O)CCCCCCCCCCC(C)CC. The van der Waals surface area contributed by atoms with Crippen molar-refractivity contribution in [3.8, 4) is 0 Å². The Morgan fingerprint density at radius 2 is 0.603 bits per heavy atom. The first-order valence-electron chi connectivity index (χ1n) is 25.8. The minimum Gasteiger partial charge on any atom is -0.462 e. The number of esters is 3. The third-order valence-electron chi connectivity index (χ3n) is 12.4. The van der Waals surface area contributed by atoms with E-state index in [2.05, 4.69) is 34.6 Å². The van der Waals surface area contributed by atoms with E-state index in [0.717, 1.165) is 69.6 Å². The van der Waals surface area contributed by atoms with Gasteiger partial charge in [0.1, 0.15) is 13.2 Å². The summed E-state index contributed by atoms with van der Waals surface area (Å²) in [6.07, 6.45) is 45.1. The van der Waals surface area contributed by atoms with E-state index in [1.54, 1.807) is 0 Å². The van der Waals surface area contributed by atoms with Gasteiger partial charge in [-0.25, -0.2) is 0 Å². The minimum atomic E-state index is -0.761. The van der Waals surface area contributed by atoms with Crippen LogP contribution in [0.1, 0.15) is 285 Å². The van der Waals surface area contributed by atoms with Gasteiger partial charge in [0.2, 0.25) is 0 Å². The molecule has 0 amide bonds. The smallest absolute Gasteiger partial charge is 0.306 e. The molecule has 0 aromatic rings. The normalized spacial score (nSPS) is 13.0. The molecule has 0 aliphatic carbocycles. The Balaban J connectivity index is 4.26. The second-order valence-electron chi connectivity index (χ2n) is 18.3. The molecule has 0 aromatic heterocycles. The van der Waals surface area contributed by atoms with Crippen LogP contribution in [0.3, 0.4) is 0 Å². The third-order valence-corrected chi connectivity index (χ3v) is 12.4. The van der Waals surface area contributed by atoms with Crippen molar-refractivity contribution in [2.75, 3.05) is 13.2 Å². The van der Waals surface area contributed by atoms with Gasteiger partial charge in [0.25, 0.3) is 0 Å². The molecule has 6 heteroatoms. The third kappa shape index (κ3) is 42.5. The van der Waals surface area contributed by atoms with E-state index in [-0.39, 0.29) is 31.1 Å². The summed E-state index contributed by atoms with van der Waals surface area (Å²) in [5.41, 5.74) is 0. The quantitative estimate of drug-likeness (QED) is 0.0346. The predicted molar refractivity (Wildman–Crippen MR) is 247 cm³/mol. The van der Waals surface area contributed by atoms with Crippen molar-refractivity contribution < 1.29 is 28.6 Å². The summed E-state index contributed by atoms with van der Waals surface area (Å²) < 4.78 is 16.8. The standard InChI is InChI=1S/C52H100O6/c1-6-9-10-11-12-13-21-29-34-39-44-52(55)58-49(46-57-51(54)43-38-33-28-24-23-26-31-36-41-48(5)8-3)45-56-50(53)42-37-32-27-22-19-17-15-14-16-18-20-25-30-35-40-47(4)7-2/h47-49H,6-46H2,1-5H3/t47?,48?,49-/m1/s1. The molecule has 0 saturated heterocycles. The van der Waals surface area contributed by atoms with Gasteiger partial charge in [-0.3, -0.25) is 14.4 Å². The van der Waals surface area contributed by atoms with E-state index in [1.165, 1.54) is 173 Å². The Kier molecular flexibility index (Phi) is 43.7. The van der Waals surface area contributed by atoms with Crippen LogP contribution < -0.4 is 0 Å². The van der Waals surface area contributed by atoms with Crippen LogP contribution >= 0.6 is 0 Å². The van der Waals surface area contributed by atoms with Gasteiger partial charge in [0.05, 0.1) is 0 Å². The number of rotatable bonds is 46. The molecule has 3 atom stereocenters. The Bertz CT molecular complexity index is 889. The molecule has 2 unspecified atom stereocenters. The summed E-state index contributed by atoms with van der Waals surface area (Å²) >= 11 is 0. The van der Waals surface area contributed by atoms with Gasteiger partial charge >= 0.3 is 17.9 Å². The zero-order valence-electron chi connectivity index (χ0n) is 39.7. The number of carbonyl (C=O) groups excluding carboxylic acids is 3. The maximum Gasteiger partial charge on any atom is 0.306 e.